The topological polar surface area (TPSA) is 65.4 Å². The summed E-state index contributed by atoms with van der Waals surface area (Å²) in [5.74, 6) is 1.03. The lowest BCUT2D eigenvalue weighted by Crippen LogP contribution is -2.31. The maximum Gasteiger partial charge on any atom is 0.270 e. The Morgan fingerprint density at radius 2 is 1.86 bits per heavy atom. The largest absolute Gasteiger partial charge is 0.497 e. The summed E-state index contributed by atoms with van der Waals surface area (Å²) >= 11 is 6.36. The number of aromatic nitrogens is 2. The maximum atomic E-state index is 12.8. The Bertz CT molecular complexity index is 998. The normalized spacial score (nSPS) is 10.8. The minimum absolute atomic E-state index is 0.0129. The van der Waals surface area contributed by atoms with Gasteiger partial charge in [0.05, 0.1) is 30.6 Å². The lowest BCUT2D eigenvalue weighted by Gasteiger charge is -2.11. The highest BCUT2D eigenvalue weighted by Gasteiger charge is 2.21. The highest BCUT2D eigenvalue weighted by Crippen LogP contribution is 2.34. The number of rotatable bonds is 6. The molecule has 1 heterocycles. The average Bonchev–Trinajstić information content (AvgIpc) is 3.12. The lowest BCUT2D eigenvalue weighted by atomic mass is 10.1. The Hall–Kier alpha value is -2.99. The Morgan fingerprint density at radius 1 is 1.11 bits per heavy atom. The third-order valence-electron chi connectivity index (χ3n) is 4.13. The van der Waals surface area contributed by atoms with E-state index >= 15 is 0 Å². The molecule has 0 atom stereocenters. The van der Waals surface area contributed by atoms with Crippen molar-refractivity contribution in [1.29, 1.82) is 0 Å². The number of benzene rings is 2. The fourth-order valence-corrected chi connectivity index (χ4v) is 3.04. The predicted molar refractivity (Wildman–Crippen MR) is 110 cm³/mol. The van der Waals surface area contributed by atoms with Crippen LogP contribution in [0.15, 0.2) is 48.5 Å². The number of carbonyl (C=O) groups excluding carboxylic acids is 1. The fraction of sp³-hybridized carbons (Fsp3) is 0.238. The molecule has 0 saturated heterocycles. The van der Waals surface area contributed by atoms with Crippen LogP contribution >= 0.6 is 11.6 Å². The summed E-state index contributed by atoms with van der Waals surface area (Å²) in [5.41, 5.74) is 2.34. The molecule has 0 aliphatic carbocycles. The van der Waals surface area contributed by atoms with Crippen LogP contribution in [0.1, 0.15) is 24.3 Å². The van der Waals surface area contributed by atoms with Gasteiger partial charge in [0.25, 0.3) is 5.91 Å². The summed E-state index contributed by atoms with van der Waals surface area (Å²) in [6.07, 6.45) is 0. The second-order valence-electron chi connectivity index (χ2n) is 6.47. The summed E-state index contributed by atoms with van der Waals surface area (Å²) in [5, 5.41) is 8.06. The number of ether oxygens (including phenoxy) is 2. The van der Waals surface area contributed by atoms with Crippen molar-refractivity contribution >= 4 is 17.5 Å². The van der Waals surface area contributed by atoms with E-state index in [4.69, 9.17) is 21.1 Å². The molecule has 0 aliphatic rings. The third kappa shape index (κ3) is 3.97. The van der Waals surface area contributed by atoms with Crippen LogP contribution in [0.5, 0.6) is 11.5 Å². The van der Waals surface area contributed by atoms with Crippen molar-refractivity contribution in [3.05, 3.63) is 59.2 Å². The molecule has 1 amide bonds. The molecule has 7 heteroatoms. The molecule has 0 unspecified atom stereocenters. The quantitative estimate of drug-likeness (QED) is 0.669. The minimum Gasteiger partial charge on any atom is -0.497 e. The van der Waals surface area contributed by atoms with E-state index in [1.807, 2.05) is 44.2 Å². The zero-order valence-corrected chi connectivity index (χ0v) is 16.9. The van der Waals surface area contributed by atoms with Crippen LogP contribution in [0.3, 0.4) is 0 Å². The molecule has 0 fully saturated rings. The van der Waals surface area contributed by atoms with Crippen LogP contribution in [-0.4, -0.2) is 35.9 Å². The van der Waals surface area contributed by atoms with Crippen molar-refractivity contribution in [3.63, 3.8) is 0 Å². The number of nitrogens with one attached hydrogen (secondary N) is 1. The Balaban J connectivity index is 2.17. The van der Waals surface area contributed by atoms with E-state index in [0.29, 0.717) is 33.6 Å². The van der Waals surface area contributed by atoms with Crippen molar-refractivity contribution in [2.24, 2.45) is 0 Å². The molecule has 6 nitrogen and oxygen atoms in total. The zero-order valence-electron chi connectivity index (χ0n) is 16.2. The molecular weight excluding hydrogens is 378 g/mol. The first-order valence-electron chi connectivity index (χ1n) is 8.82. The second-order valence-corrected chi connectivity index (χ2v) is 6.88. The van der Waals surface area contributed by atoms with Crippen molar-refractivity contribution < 1.29 is 14.3 Å². The summed E-state index contributed by atoms with van der Waals surface area (Å²) in [4.78, 5) is 12.8. The molecule has 2 aromatic carbocycles. The van der Waals surface area contributed by atoms with E-state index in [0.717, 1.165) is 5.56 Å². The summed E-state index contributed by atoms with van der Waals surface area (Å²) in [6.45, 7) is 3.81. The van der Waals surface area contributed by atoms with Crippen molar-refractivity contribution in [2.75, 3.05) is 14.2 Å². The highest BCUT2D eigenvalue weighted by molar-refractivity contribution is 6.32. The number of para-hydroxylation sites is 1. The Labute approximate surface area is 169 Å². The van der Waals surface area contributed by atoms with Gasteiger partial charge in [-0.1, -0.05) is 23.7 Å². The van der Waals surface area contributed by atoms with Gasteiger partial charge < -0.3 is 14.8 Å². The van der Waals surface area contributed by atoms with E-state index in [-0.39, 0.29) is 11.9 Å². The summed E-state index contributed by atoms with van der Waals surface area (Å²) in [6, 6.07) is 14.4. The van der Waals surface area contributed by atoms with Crippen LogP contribution in [0.2, 0.25) is 5.02 Å². The molecule has 3 aromatic rings. The standard InChI is InChI=1S/C21H22ClN3O3/c1-13(2)23-21(26)19-12-17(15-10-9-14(27-3)11-20(15)28-4)24-25(19)18-8-6-5-7-16(18)22/h5-13H,1-4H3,(H,23,26). The molecule has 0 saturated carbocycles. The molecule has 1 aromatic heterocycles. The fourth-order valence-electron chi connectivity index (χ4n) is 2.83. The van der Waals surface area contributed by atoms with Crippen LogP contribution in [-0.2, 0) is 0 Å². The number of nitrogens with zero attached hydrogens (tertiary/aromatic N) is 2. The van der Waals surface area contributed by atoms with Crippen LogP contribution in [0, 0.1) is 0 Å². The number of halogens is 1. The zero-order chi connectivity index (χ0) is 20.3. The second kappa shape index (κ2) is 8.35. The Kier molecular flexibility index (Phi) is 5.90. The number of hydrogen-bond acceptors (Lipinski definition) is 4. The smallest absolute Gasteiger partial charge is 0.270 e. The lowest BCUT2D eigenvalue weighted by molar-refractivity contribution is 0.0935. The Morgan fingerprint density at radius 3 is 2.50 bits per heavy atom. The van der Waals surface area contributed by atoms with Gasteiger partial charge >= 0.3 is 0 Å². The van der Waals surface area contributed by atoms with Gasteiger partial charge in [-0.05, 0) is 44.2 Å². The first-order chi connectivity index (χ1) is 13.4. The van der Waals surface area contributed by atoms with Gasteiger partial charge in [-0.25, -0.2) is 4.68 Å². The third-order valence-corrected chi connectivity index (χ3v) is 4.45. The van der Waals surface area contributed by atoms with Crippen molar-refractivity contribution in [2.45, 2.75) is 19.9 Å². The van der Waals surface area contributed by atoms with Crippen LogP contribution < -0.4 is 14.8 Å². The summed E-state index contributed by atoms with van der Waals surface area (Å²) in [7, 11) is 3.17. The minimum atomic E-state index is -0.235. The van der Waals surface area contributed by atoms with Crippen molar-refractivity contribution in [3.8, 4) is 28.4 Å². The monoisotopic (exact) mass is 399 g/mol. The molecule has 0 bridgehead atoms. The molecule has 3 rings (SSSR count). The highest BCUT2D eigenvalue weighted by atomic mass is 35.5. The van der Waals surface area contributed by atoms with E-state index in [1.165, 1.54) is 0 Å². The number of amides is 1. The van der Waals surface area contributed by atoms with E-state index in [1.54, 1.807) is 37.1 Å². The first kappa shape index (κ1) is 19.8. The van der Waals surface area contributed by atoms with Crippen LogP contribution in [0.25, 0.3) is 16.9 Å². The van der Waals surface area contributed by atoms with Gasteiger partial charge in [0.1, 0.15) is 17.2 Å². The molecule has 0 aliphatic heterocycles. The summed E-state index contributed by atoms with van der Waals surface area (Å²) < 4.78 is 12.3. The van der Waals surface area contributed by atoms with Crippen molar-refractivity contribution in [1.82, 2.24) is 15.1 Å². The van der Waals surface area contributed by atoms with Crippen LogP contribution in [0.4, 0.5) is 0 Å². The maximum absolute atomic E-state index is 12.8. The van der Waals surface area contributed by atoms with Gasteiger partial charge in [-0.15, -0.1) is 0 Å². The number of carbonyl (C=O) groups is 1. The van der Waals surface area contributed by atoms with Gasteiger partial charge in [0.15, 0.2) is 0 Å². The number of hydrogen-bond donors (Lipinski definition) is 1. The molecule has 146 valence electrons. The van der Waals surface area contributed by atoms with E-state index in [9.17, 15) is 4.79 Å². The van der Waals surface area contributed by atoms with Gasteiger partial charge in [-0.2, -0.15) is 5.10 Å². The van der Waals surface area contributed by atoms with Gasteiger partial charge in [0.2, 0.25) is 0 Å². The van der Waals surface area contributed by atoms with Gasteiger partial charge in [-0.3, -0.25) is 4.79 Å². The number of methoxy groups -OCH3 is 2. The molecule has 0 spiro atoms. The molecular formula is C21H22ClN3O3. The average molecular weight is 400 g/mol. The van der Waals surface area contributed by atoms with E-state index < -0.39 is 0 Å². The first-order valence-corrected chi connectivity index (χ1v) is 9.20. The van der Waals surface area contributed by atoms with E-state index in [2.05, 4.69) is 10.4 Å². The SMILES string of the molecule is COc1ccc(-c2cc(C(=O)NC(C)C)n(-c3ccccc3Cl)n2)c(OC)c1. The molecule has 1 N–H and O–H groups in total. The molecule has 28 heavy (non-hydrogen) atoms. The van der Waals surface area contributed by atoms with Gasteiger partial charge in [0, 0.05) is 17.7 Å². The predicted octanol–water partition coefficient (Wildman–Crippen LogP) is 4.35. The molecule has 0 radical (unpaired) electrons.